The first-order valence-electron chi connectivity index (χ1n) is 18.0. The van der Waals surface area contributed by atoms with Gasteiger partial charge in [-0.15, -0.1) is 0 Å². The number of hydrogen-bond donors (Lipinski definition) is 4. The highest BCUT2D eigenvalue weighted by Gasteiger charge is 2.70. The summed E-state index contributed by atoms with van der Waals surface area (Å²) < 4.78 is 0. The Morgan fingerprint density at radius 3 is 2.02 bits per heavy atom. The van der Waals surface area contributed by atoms with Crippen LogP contribution in [0.4, 0.5) is 4.79 Å². The van der Waals surface area contributed by atoms with Crippen LogP contribution in [0.3, 0.4) is 0 Å². The van der Waals surface area contributed by atoms with E-state index in [9.17, 15) is 24.0 Å². The molecule has 5 amide bonds. The van der Waals surface area contributed by atoms with Crippen LogP contribution < -0.4 is 21.7 Å². The van der Waals surface area contributed by atoms with E-state index in [4.69, 9.17) is 5.73 Å². The van der Waals surface area contributed by atoms with Crippen LogP contribution in [0.15, 0.2) is 0 Å². The number of rotatable bonds is 10. The zero-order valence-corrected chi connectivity index (χ0v) is 27.2. The van der Waals surface area contributed by atoms with E-state index in [0.29, 0.717) is 30.7 Å². The Balaban J connectivity index is 1.09. The van der Waals surface area contributed by atoms with Crippen molar-refractivity contribution in [1.29, 1.82) is 0 Å². The molecule has 10 nitrogen and oxygen atoms in total. The number of primary amides is 1. The van der Waals surface area contributed by atoms with Crippen molar-refractivity contribution in [3.8, 4) is 0 Å². The Kier molecular flexibility index (Phi) is 7.95. The van der Waals surface area contributed by atoms with Crippen LogP contribution in [0.2, 0.25) is 0 Å². The highest BCUT2D eigenvalue weighted by molar-refractivity contribution is 6.37. The van der Waals surface area contributed by atoms with Gasteiger partial charge in [-0.3, -0.25) is 19.2 Å². The van der Waals surface area contributed by atoms with Crippen molar-refractivity contribution in [3.63, 3.8) is 0 Å². The molecule has 0 spiro atoms. The molecule has 5 atom stereocenters. The number of nitrogens with one attached hydrogen (secondary N) is 3. The second-order valence-corrected chi connectivity index (χ2v) is 16.9. The van der Waals surface area contributed by atoms with Gasteiger partial charge in [-0.05, 0) is 105 Å². The SMILES string of the molecule is CC1(C)C2CN(C(=O)[C@@H](NC(=O)NC34CC5CC(CC(C5)C3)C4)C3CCCCC3)[C@H](C(=O)N[C@@H](CC3CCC3)C(=O)C(N)=O)C21. The van der Waals surface area contributed by atoms with Crippen LogP contribution in [0.25, 0.3) is 0 Å². The maximum Gasteiger partial charge on any atom is 0.315 e. The Morgan fingerprint density at radius 1 is 0.844 bits per heavy atom. The van der Waals surface area contributed by atoms with Gasteiger partial charge in [0.15, 0.2) is 0 Å². The topological polar surface area (TPSA) is 151 Å². The second kappa shape index (κ2) is 11.5. The lowest BCUT2D eigenvalue weighted by atomic mass is 9.53. The number of Topliss-reactive ketones (excluding diaryl/α,β-unsaturated/α-hetero) is 1. The monoisotopic (exact) mass is 623 g/mol. The highest BCUT2D eigenvalue weighted by atomic mass is 16.2. The maximum atomic E-state index is 14.6. The fourth-order valence-corrected chi connectivity index (χ4v) is 11.2. The standard InChI is InChI=1S/C35H53N5O5/c1-34(2)24-18-40(28(26(24)34)31(43)37-25(29(41)30(36)42)14-19-7-6-8-19)32(44)27(23-9-4-3-5-10-23)38-33(45)39-35-15-20-11-21(16-35)13-22(12-20)17-35/h19-28H,3-18H2,1-2H3,(H2,36,42)(H,37,43)(H2,38,39,45)/t20?,21?,22?,24?,25-,26?,27-,28-,35?/m0/s1. The third-order valence-electron chi connectivity index (χ3n) is 13.5. The van der Waals surface area contributed by atoms with E-state index >= 15 is 0 Å². The number of carbonyl (C=O) groups is 5. The summed E-state index contributed by atoms with van der Waals surface area (Å²) in [5.41, 5.74) is 5.11. The molecule has 0 aromatic rings. The highest BCUT2D eigenvalue weighted by Crippen LogP contribution is 2.65. The number of carbonyl (C=O) groups excluding carboxylic acids is 5. The van der Waals surface area contributed by atoms with Crippen LogP contribution in [-0.2, 0) is 19.2 Å². The first kappa shape index (κ1) is 31.0. The van der Waals surface area contributed by atoms with Crippen molar-refractivity contribution in [2.24, 2.45) is 52.6 Å². The van der Waals surface area contributed by atoms with Crippen LogP contribution in [-0.4, -0.2) is 64.6 Å². The van der Waals surface area contributed by atoms with Crippen molar-refractivity contribution in [2.45, 2.75) is 134 Å². The molecule has 0 radical (unpaired) electrons. The minimum Gasteiger partial charge on any atom is -0.363 e. The lowest BCUT2D eigenvalue weighted by Gasteiger charge is -2.56. The molecule has 8 fully saturated rings. The number of amides is 5. The lowest BCUT2D eigenvalue weighted by Crippen LogP contribution is -2.64. The smallest absolute Gasteiger partial charge is 0.315 e. The summed E-state index contributed by atoms with van der Waals surface area (Å²) in [6.07, 6.45) is 15.3. The maximum absolute atomic E-state index is 14.6. The first-order chi connectivity index (χ1) is 21.4. The first-order valence-corrected chi connectivity index (χ1v) is 18.0. The van der Waals surface area contributed by atoms with Gasteiger partial charge in [0.25, 0.3) is 5.91 Å². The van der Waals surface area contributed by atoms with Gasteiger partial charge in [-0.1, -0.05) is 52.4 Å². The zero-order chi connectivity index (χ0) is 31.7. The molecule has 2 unspecified atom stereocenters. The minimum atomic E-state index is -1.05. The molecule has 5 N–H and O–H groups in total. The molecule has 8 rings (SSSR count). The van der Waals surface area contributed by atoms with Gasteiger partial charge in [-0.25, -0.2) is 4.79 Å². The van der Waals surface area contributed by atoms with E-state index in [2.05, 4.69) is 29.8 Å². The summed E-state index contributed by atoms with van der Waals surface area (Å²) in [5, 5.41) is 9.46. The molecule has 1 aliphatic heterocycles. The third-order valence-corrected chi connectivity index (χ3v) is 13.5. The largest absolute Gasteiger partial charge is 0.363 e. The number of ketones is 1. The Hall–Kier alpha value is -2.65. The minimum absolute atomic E-state index is 0.0183. The molecule has 10 heteroatoms. The normalized spacial score (nSPS) is 37.6. The fraction of sp³-hybridized carbons (Fsp3) is 0.857. The Bertz CT molecular complexity index is 1200. The number of fused-ring (bicyclic) bond motifs is 1. The summed E-state index contributed by atoms with van der Waals surface area (Å²) in [6, 6.07) is -2.68. The second-order valence-electron chi connectivity index (χ2n) is 16.9. The number of piperidine rings is 1. The average molecular weight is 624 g/mol. The quantitative estimate of drug-likeness (QED) is 0.275. The fourth-order valence-electron chi connectivity index (χ4n) is 11.2. The molecule has 248 valence electrons. The predicted molar refractivity (Wildman–Crippen MR) is 167 cm³/mol. The molecular weight excluding hydrogens is 570 g/mol. The summed E-state index contributed by atoms with van der Waals surface area (Å²) in [4.78, 5) is 68.7. The summed E-state index contributed by atoms with van der Waals surface area (Å²) in [7, 11) is 0. The van der Waals surface area contributed by atoms with Crippen molar-refractivity contribution in [1.82, 2.24) is 20.9 Å². The van der Waals surface area contributed by atoms with Crippen LogP contribution >= 0.6 is 0 Å². The van der Waals surface area contributed by atoms with Gasteiger partial charge in [0.05, 0.1) is 6.04 Å². The zero-order valence-electron chi connectivity index (χ0n) is 27.2. The van der Waals surface area contributed by atoms with Crippen LogP contribution in [0, 0.1) is 46.8 Å². The molecule has 4 bridgehead atoms. The summed E-state index contributed by atoms with van der Waals surface area (Å²) in [5.74, 6) is 0.105. The van der Waals surface area contributed by atoms with Crippen molar-refractivity contribution >= 4 is 29.5 Å². The van der Waals surface area contributed by atoms with Gasteiger partial charge in [0.1, 0.15) is 12.1 Å². The van der Waals surface area contributed by atoms with Gasteiger partial charge in [0.2, 0.25) is 17.6 Å². The van der Waals surface area contributed by atoms with E-state index in [1.54, 1.807) is 4.90 Å². The van der Waals surface area contributed by atoms with Crippen molar-refractivity contribution in [2.75, 3.05) is 6.54 Å². The molecule has 1 saturated heterocycles. The third kappa shape index (κ3) is 5.77. The van der Waals surface area contributed by atoms with Crippen molar-refractivity contribution in [3.05, 3.63) is 0 Å². The molecule has 0 aromatic carbocycles. The number of likely N-dealkylation sites (tertiary alicyclic amines) is 1. The van der Waals surface area contributed by atoms with Crippen molar-refractivity contribution < 1.29 is 24.0 Å². The van der Waals surface area contributed by atoms with Gasteiger partial charge < -0.3 is 26.6 Å². The average Bonchev–Trinajstić information content (AvgIpc) is 3.27. The lowest BCUT2D eigenvalue weighted by molar-refractivity contribution is -0.144. The number of hydrogen-bond acceptors (Lipinski definition) is 5. The van der Waals surface area contributed by atoms with E-state index in [-0.39, 0.29) is 52.5 Å². The molecule has 8 aliphatic rings. The van der Waals surface area contributed by atoms with Crippen LogP contribution in [0.5, 0.6) is 0 Å². The van der Waals surface area contributed by atoms with E-state index in [1.807, 2.05) is 0 Å². The molecule has 7 saturated carbocycles. The summed E-state index contributed by atoms with van der Waals surface area (Å²) in [6.45, 7) is 4.70. The van der Waals surface area contributed by atoms with E-state index in [0.717, 1.165) is 70.6 Å². The number of urea groups is 1. The molecular formula is C35H53N5O5. The summed E-state index contributed by atoms with van der Waals surface area (Å²) >= 11 is 0. The van der Waals surface area contributed by atoms with Gasteiger partial charge in [0, 0.05) is 12.1 Å². The molecule has 7 aliphatic carbocycles. The Morgan fingerprint density at radius 2 is 1.47 bits per heavy atom. The molecule has 1 heterocycles. The number of nitrogens with two attached hydrogens (primary N) is 1. The molecule has 45 heavy (non-hydrogen) atoms. The molecule has 0 aromatic heterocycles. The van der Waals surface area contributed by atoms with E-state index < -0.39 is 29.8 Å². The van der Waals surface area contributed by atoms with Gasteiger partial charge >= 0.3 is 6.03 Å². The van der Waals surface area contributed by atoms with E-state index in [1.165, 1.54) is 19.3 Å². The van der Waals surface area contributed by atoms with Gasteiger partial charge in [-0.2, -0.15) is 0 Å². The van der Waals surface area contributed by atoms with Crippen LogP contribution in [0.1, 0.15) is 110 Å². The Labute approximate surface area is 267 Å². The predicted octanol–water partition coefficient (Wildman–Crippen LogP) is 3.42. The number of nitrogens with zero attached hydrogens (tertiary/aromatic N) is 1.